The van der Waals surface area contributed by atoms with Gasteiger partial charge < -0.3 is 4.90 Å². The van der Waals surface area contributed by atoms with Crippen molar-refractivity contribution in [3.8, 4) is 0 Å². The first-order chi connectivity index (χ1) is 10.2. The van der Waals surface area contributed by atoms with Crippen LogP contribution in [-0.4, -0.2) is 55.8 Å². The molecule has 0 aliphatic carbocycles. The van der Waals surface area contributed by atoms with Crippen molar-refractivity contribution in [1.82, 2.24) is 9.21 Å². The molecule has 1 radical (unpaired) electrons. The Kier molecular flexibility index (Phi) is 4.84. The van der Waals surface area contributed by atoms with Gasteiger partial charge in [0.05, 0.1) is 9.82 Å². The fourth-order valence-corrected chi connectivity index (χ4v) is 4.18. The molecule has 7 nitrogen and oxygen atoms in total. The molecule has 1 aliphatic rings. The molecule has 8 heteroatoms. The molecule has 0 unspecified atom stereocenters. The lowest BCUT2D eigenvalue weighted by Gasteiger charge is -2.34. The Morgan fingerprint density at radius 1 is 1.32 bits per heavy atom. The average molecular weight is 326 g/mol. The van der Waals surface area contributed by atoms with Crippen molar-refractivity contribution in [2.75, 3.05) is 27.2 Å². The second-order valence-corrected chi connectivity index (χ2v) is 7.65. The number of hydrogen-bond donors (Lipinski definition) is 0. The largest absolute Gasteiger partial charge is 0.306 e. The van der Waals surface area contributed by atoms with E-state index in [-0.39, 0.29) is 10.6 Å². The van der Waals surface area contributed by atoms with Crippen LogP contribution in [0.15, 0.2) is 17.0 Å². The number of hydrogen-bond acceptors (Lipinski definition) is 5. The molecule has 2 rings (SSSR count). The summed E-state index contributed by atoms with van der Waals surface area (Å²) in [5, 5.41) is 10.9. The Morgan fingerprint density at radius 3 is 2.41 bits per heavy atom. The first-order valence-electron chi connectivity index (χ1n) is 7.07. The van der Waals surface area contributed by atoms with Crippen molar-refractivity contribution >= 4 is 15.7 Å². The lowest BCUT2D eigenvalue weighted by atomic mass is 10.1. The minimum atomic E-state index is -3.73. The van der Waals surface area contributed by atoms with Gasteiger partial charge in [-0.15, -0.1) is 0 Å². The number of sulfonamides is 1. The highest BCUT2D eigenvalue weighted by atomic mass is 32.2. The van der Waals surface area contributed by atoms with Gasteiger partial charge in [0.25, 0.3) is 5.69 Å². The van der Waals surface area contributed by atoms with E-state index in [0.717, 1.165) is 18.9 Å². The second kappa shape index (κ2) is 6.31. The fourth-order valence-electron chi connectivity index (χ4n) is 2.65. The van der Waals surface area contributed by atoms with Gasteiger partial charge in [0.15, 0.2) is 0 Å². The smallest absolute Gasteiger partial charge is 0.271 e. The Labute approximate surface area is 130 Å². The monoisotopic (exact) mass is 326 g/mol. The van der Waals surface area contributed by atoms with Crippen LogP contribution < -0.4 is 0 Å². The van der Waals surface area contributed by atoms with Gasteiger partial charge in [0.2, 0.25) is 10.0 Å². The highest BCUT2D eigenvalue weighted by Crippen LogP contribution is 2.25. The number of nitro groups is 1. The summed E-state index contributed by atoms with van der Waals surface area (Å²) in [6, 6.07) is 5.49. The van der Waals surface area contributed by atoms with Crippen molar-refractivity contribution in [2.45, 2.75) is 30.7 Å². The van der Waals surface area contributed by atoms with Gasteiger partial charge in [-0.05, 0) is 39.4 Å². The SMILES string of the molecule is Cc1[c]c(S(=O)(=O)N2CCC(N(C)C)CC2)cc([N+](=O)[O-])c1. The molecule has 0 spiro atoms. The van der Waals surface area contributed by atoms with Gasteiger partial charge in [-0.1, -0.05) is 0 Å². The molecule has 0 saturated carbocycles. The molecule has 0 N–H and O–H groups in total. The normalized spacial score (nSPS) is 17.8. The van der Waals surface area contributed by atoms with Gasteiger partial charge in [-0.2, -0.15) is 4.31 Å². The number of non-ortho nitro benzene ring substituents is 1. The average Bonchev–Trinajstić information content (AvgIpc) is 2.46. The molecule has 1 saturated heterocycles. The van der Waals surface area contributed by atoms with E-state index in [1.54, 1.807) is 6.92 Å². The molecule has 1 aromatic rings. The lowest BCUT2D eigenvalue weighted by molar-refractivity contribution is -0.385. The Hall–Kier alpha value is -1.51. The van der Waals surface area contributed by atoms with E-state index in [9.17, 15) is 18.5 Å². The summed E-state index contributed by atoms with van der Waals surface area (Å²) < 4.78 is 26.7. The Bertz CT molecular complexity index is 665. The third-order valence-electron chi connectivity index (χ3n) is 3.95. The van der Waals surface area contributed by atoms with Crippen LogP contribution in [0.4, 0.5) is 5.69 Å². The van der Waals surface area contributed by atoms with Crippen molar-refractivity contribution in [1.29, 1.82) is 0 Å². The number of piperidine rings is 1. The van der Waals surface area contributed by atoms with Crippen molar-refractivity contribution in [3.05, 3.63) is 33.9 Å². The quantitative estimate of drug-likeness (QED) is 0.617. The molecule has 0 bridgehead atoms. The topological polar surface area (TPSA) is 83.8 Å². The third-order valence-corrected chi connectivity index (χ3v) is 5.77. The van der Waals surface area contributed by atoms with Gasteiger partial charge in [-0.3, -0.25) is 10.1 Å². The molecule has 0 atom stereocenters. The maximum Gasteiger partial charge on any atom is 0.271 e. The van der Waals surface area contributed by atoms with Crippen LogP contribution in [0.1, 0.15) is 18.4 Å². The molecule has 1 aromatic carbocycles. The molecule has 0 aromatic heterocycles. The summed E-state index contributed by atoms with van der Waals surface area (Å²) in [7, 11) is 0.223. The van der Waals surface area contributed by atoms with Gasteiger partial charge in [0, 0.05) is 37.3 Å². The maximum atomic E-state index is 12.6. The Morgan fingerprint density at radius 2 is 1.91 bits per heavy atom. The molecule has 22 heavy (non-hydrogen) atoms. The number of rotatable bonds is 4. The van der Waals surface area contributed by atoms with E-state index in [0.29, 0.717) is 24.7 Å². The molecule has 121 valence electrons. The number of aryl methyl sites for hydroxylation is 1. The van der Waals surface area contributed by atoms with E-state index in [2.05, 4.69) is 11.0 Å². The van der Waals surface area contributed by atoms with E-state index >= 15 is 0 Å². The van der Waals surface area contributed by atoms with Crippen molar-refractivity contribution < 1.29 is 13.3 Å². The fraction of sp³-hybridized carbons (Fsp3) is 0.571. The third kappa shape index (κ3) is 3.45. The first-order valence-corrected chi connectivity index (χ1v) is 8.51. The van der Waals surface area contributed by atoms with E-state index in [1.165, 1.54) is 10.4 Å². The van der Waals surface area contributed by atoms with Crippen LogP contribution in [0.2, 0.25) is 0 Å². The van der Waals surface area contributed by atoms with Crippen LogP contribution >= 0.6 is 0 Å². The predicted octanol–water partition coefficient (Wildman–Crippen LogP) is 1.42. The van der Waals surface area contributed by atoms with Crippen molar-refractivity contribution in [3.63, 3.8) is 0 Å². The summed E-state index contributed by atoms with van der Waals surface area (Å²) in [4.78, 5) is 12.3. The summed E-state index contributed by atoms with van der Waals surface area (Å²) in [5.41, 5.74) is 0.217. The standard InChI is InChI=1S/C14H20N3O4S/c1-11-8-13(17(18)19)10-14(9-11)22(20,21)16-6-4-12(5-7-16)15(2)3/h8,10,12H,4-7H2,1-3H3. The predicted molar refractivity (Wildman–Crippen MR) is 82.1 cm³/mol. The summed E-state index contributed by atoms with van der Waals surface area (Å²) >= 11 is 0. The van der Waals surface area contributed by atoms with Gasteiger partial charge in [0.1, 0.15) is 0 Å². The van der Waals surface area contributed by atoms with E-state index in [1.807, 2.05) is 14.1 Å². The zero-order chi connectivity index (χ0) is 16.5. The van der Waals surface area contributed by atoms with Gasteiger partial charge >= 0.3 is 0 Å². The van der Waals surface area contributed by atoms with Crippen LogP contribution in [0.3, 0.4) is 0 Å². The van der Waals surface area contributed by atoms with Gasteiger partial charge in [-0.25, -0.2) is 8.42 Å². The van der Waals surface area contributed by atoms with Crippen LogP contribution in [-0.2, 0) is 10.0 Å². The van der Waals surface area contributed by atoms with Crippen LogP contribution in [0.25, 0.3) is 0 Å². The minimum Gasteiger partial charge on any atom is -0.306 e. The number of nitrogens with zero attached hydrogens (tertiary/aromatic N) is 3. The van der Waals surface area contributed by atoms with Crippen LogP contribution in [0.5, 0.6) is 0 Å². The van der Waals surface area contributed by atoms with E-state index in [4.69, 9.17) is 0 Å². The van der Waals surface area contributed by atoms with Crippen LogP contribution in [0, 0.1) is 23.1 Å². The minimum absolute atomic E-state index is 0.123. The molecular formula is C14H20N3O4S. The Balaban J connectivity index is 2.26. The zero-order valence-electron chi connectivity index (χ0n) is 12.9. The summed E-state index contributed by atoms with van der Waals surface area (Å²) in [5.74, 6) is 0. The number of benzene rings is 1. The zero-order valence-corrected chi connectivity index (χ0v) is 13.8. The lowest BCUT2D eigenvalue weighted by Crippen LogP contribution is -2.44. The van der Waals surface area contributed by atoms with Crippen molar-refractivity contribution in [2.24, 2.45) is 0 Å². The van der Waals surface area contributed by atoms with E-state index < -0.39 is 14.9 Å². The molecular weight excluding hydrogens is 306 g/mol. The maximum absolute atomic E-state index is 12.6. The summed E-state index contributed by atoms with van der Waals surface area (Å²) in [6.45, 7) is 2.44. The second-order valence-electron chi connectivity index (χ2n) is 5.74. The number of nitro benzene ring substituents is 1. The highest BCUT2D eigenvalue weighted by Gasteiger charge is 2.31. The first kappa shape index (κ1) is 16.9. The summed E-state index contributed by atoms with van der Waals surface area (Å²) in [6.07, 6.45) is 1.50. The molecule has 1 heterocycles. The molecule has 0 amide bonds. The molecule has 1 fully saturated rings. The highest BCUT2D eigenvalue weighted by molar-refractivity contribution is 7.89. The molecule has 1 aliphatic heterocycles.